The zero-order valence-corrected chi connectivity index (χ0v) is 19.1. The quantitative estimate of drug-likeness (QED) is 0.639. The number of anilines is 2. The summed E-state index contributed by atoms with van der Waals surface area (Å²) in [5.74, 6) is -2.18. The average molecular weight is 470 g/mol. The zero-order chi connectivity index (χ0) is 22.5. The van der Waals surface area contributed by atoms with E-state index in [1.807, 2.05) is 26.0 Å². The number of amides is 3. The maximum absolute atomic E-state index is 13.9. The lowest BCUT2D eigenvalue weighted by Gasteiger charge is -2.36. The van der Waals surface area contributed by atoms with Gasteiger partial charge in [-0.3, -0.25) is 19.3 Å². The van der Waals surface area contributed by atoms with E-state index in [1.54, 1.807) is 12.1 Å². The van der Waals surface area contributed by atoms with Crippen molar-refractivity contribution in [2.45, 2.75) is 38.3 Å². The predicted molar refractivity (Wildman–Crippen MR) is 122 cm³/mol. The lowest BCUT2D eigenvalue weighted by atomic mass is 9.75. The molecule has 32 heavy (non-hydrogen) atoms. The summed E-state index contributed by atoms with van der Waals surface area (Å²) in [6.45, 7) is 4.66. The molecule has 6 rings (SSSR count). The molecule has 4 aliphatic heterocycles. The molecule has 4 heterocycles. The molecule has 6 nitrogen and oxygen atoms in total. The summed E-state index contributed by atoms with van der Waals surface area (Å²) in [6.07, 6.45) is 1.67. The van der Waals surface area contributed by atoms with E-state index in [0.717, 1.165) is 35.2 Å². The van der Waals surface area contributed by atoms with Crippen molar-refractivity contribution in [2.24, 2.45) is 11.8 Å². The molecule has 2 aromatic rings. The largest absolute Gasteiger partial charge is 0.324 e. The van der Waals surface area contributed by atoms with Gasteiger partial charge in [-0.25, -0.2) is 4.90 Å². The third-order valence-electron chi connectivity index (χ3n) is 7.86. The Kier molecular flexibility index (Phi) is 4.15. The SMILES string of the molecule is Cc1ccc2c(c1C)NC(=O)[C@@]21[C@@H]2C(=O)N(c3ccc(Cl)c(Cl)c3)C(=O)[C@H]2[C@H]2CCCN21. The van der Waals surface area contributed by atoms with Crippen LogP contribution < -0.4 is 10.2 Å². The number of carbonyl (C=O) groups excluding carboxylic acids is 3. The van der Waals surface area contributed by atoms with Crippen molar-refractivity contribution in [3.8, 4) is 0 Å². The Bertz CT molecular complexity index is 1250. The van der Waals surface area contributed by atoms with E-state index < -0.39 is 17.4 Å². The van der Waals surface area contributed by atoms with E-state index in [-0.39, 0.29) is 28.8 Å². The predicted octanol–water partition coefficient (Wildman–Crippen LogP) is 4.04. The Morgan fingerprint density at radius 2 is 1.81 bits per heavy atom. The van der Waals surface area contributed by atoms with E-state index in [4.69, 9.17) is 23.2 Å². The fourth-order valence-electron chi connectivity index (χ4n) is 6.40. The number of halogens is 2. The Morgan fingerprint density at radius 1 is 1.03 bits per heavy atom. The summed E-state index contributed by atoms with van der Waals surface area (Å²) in [7, 11) is 0. The van der Waals surface area contributed by atoms with Gasteiger partial charge in [0.25, 0.3) is 0 Å². The second kappa shape index (κ2) is 6.56. The summed E-state index contributed by atoms with van der Waals surface area (Å²) in [5, 5.41) is 3.69. The van der Waals surface area contributed by atoms with Crippen LogP contribution in [0, 0.1) is 25.7 Å². The molecule has 3 amide bonds. The molecule has 8 heteroatoms. The van der Waals surface area contributed by atoms with Crippen molar-refractivity contribution in [1.29, 1.82) is 0 Å². The van der Waals surface area contributed by atoms with Gasteiger partial charge in [-0.05, 0) is 62.6 Å². The monoisotopic (exact) mass is 469 g/mol. The molecule has 0 unspecified atom stereocenters. The molecule has 164 valence electrons. The molecule has 1 N–H and O–H groups in total. The number of hydrogen-bond donors (Lipinski definition) is 1. The van der Waals surface area contributed by atoms with Gasteiger partial charge >= 0.3 is 0 Å². The third kappa shape index (κ3) is 2.23. The van der Waals surface area contributed by atoms with Gasteiger partial charge in [-0.15, -0.1) is 0 Å². The first kappa shape index (κ1) is 20.2. The van der Waals surface area contributed by atoms with E-state index >= 15 is 0 Å². The van der Waals surface area contributed by atoms with Gasteiger partial charge in [0.15, 0.2) is 0 Å². The van der Waals surface area contributed by atoms with Crippen molar-refractivity contribution in [1.82, 2.24) is 4.90 Å². The summed E-state index contributed by atoms with van der Waals surface area (Å²) in [4.78, 5) is 44.7. The first-order valence-electron chi connectivity index (χ1n) is 10.8. The van der Waals surface area contributed by atoms with Crippen LogP contribution in [0.2, 0.25) is 10.0 Å². The maximum Gasteiger partial charge on any atom is 0.250 e. The molecule has 0 radical (unpaired) electrons. The molecule has 0 aliphatic carbocycles. The van der Waals surface area contributed by atoms with Gasteiger partial charge in [0.1, 0.15) is 5.54 Å². The van der Waals surface area contributed by atoms with Gasteiger partial charge in [-0.1, -0.05) is 35.3 Å². The van der Waals surface area contributed by atoms with E-state index in [9.17, 15) is 14.4 Å². The van der Waals surface area contributed by atoms with Crippen LogP contribution in [0.3, 0.4) is 0 Å². The lowest BCUT2D eigenvalue weighted by Crippen LogP contribution is -2.54. The van der Waals surface area contributed by atoms with E-state index in [2.05, 4.69) is 10.2 Å². The van der Waals surface area contributed by atoms with Gasteiger partial charge in [-0.2, -0.15) is 0 Å². The highest BCUT2D eigenvalue weighted by atomic mass is 35.5. The number of benzene rings is 2. The molecule has 4 aliphatic rings. The lowest BCUT2D eigenvalue weighted by molar-refractivity contribution is -0.135. The minimum absolute atomic E-state index is 0.150. The van der Waals surface area contributed by atoms with Gasteiger partial charge in [0, 0.05) is 17.3 Å². The van der Waals surface area contributed by atoms with Crippen LogP contribution in [0.4, 0.5) is 11.4 Å². The van der Waals surface area contributed by atoms with Crippen LogP contribution >= 0.6 is 23.2 Å². The zero-order valence-electron chi connectivity index (χ0n) is 17.6. The minimum atomic E-state index is -1.17. The Hall–Kier alpha value is -2.41. The summed E-state index contributed by atoms with van der Waals surface area (Å²) in [5.41, 5.74) is 2.86. The van der Waals surface area contributed by atoms with Crippen LogP contribution in [0.1, 0.15) is 29.5 Å². The van der Waals surface area contributed by atoms with Gasteiger partial charge in [0.2, 0.25) is 17.7 Å². The first-order chi connectivity index (χ1) is 15.3. The molecule has 4 atom stereocenters. The highest BCUT2D eigenvalue weighted by molar-refractivity contribution is 6.42. The Morgan fingerprint density at radius 3 is 2.56 bits per heavy atom. The molecule has 2 aromatic carbocycles. The third-order valence-corrected chi connectivity index (χ3v) is 8.60. The van der Waals surface area contributed by atoms with Crippen molar-refractivity contribution in [3.05, 3.63) is 57.1 Å². The second-order valence-corrected chi connectivity index (χ2v) is 9.98. The van der Waals surface area contributed by atoms with E-state index in [1.165, 1.54) is 11.0 Å². The number of rotatable bonds is 1. The normalized spacial score (nSPS) is 30.8. The molecule has 0 aromatic heterocycles. The molecular weight excluding hydrogens is 449 g/mol. The van der Waals surface area contributed by atoms with Crippen LogP contribution in [0.15, 0.2) is 30.3 Å². The highest BCUT2D eigenvalue weighted by Crippen LogP contribution is 2.61. The molecule has 0 bridgehead atoms. The second-order valence-electron chi connectivity index (χ2n) is 9.17. The average Bonchev–Trinajstić information content (AvgIpc) is 3.46. The molecular formula is C24H21Cl2N3O3. The van der Waals surface area contributed by atoms with Crippen LogP contribution in [0.25, 0.3) is 0 Å². The molecule has 1 spiro atoms. The number of carbonyl (C=O) groups is 3. The first-order valence-corrected chi connectivity index (χ1v) is 11.6. The fourth-order valence-corrected chi connectivity index (χ4v) is 6.69. The minimum Gasteiger partial charge on any atom is -0.324 e. The van der Waals surface area contributed by atoms with Crippen LogP contribution in [-0.4, -0.2) is 35.2 Å². The van der Waals surface area contributed by atoms with Crippen molar-refractivity contribution in [3.63, 3.8) is 0 Å². The van der Waals surface area contributed by atoms with Crippen molar-refractivity contribution >= 4 is 52.3 Å². The number of hydrogen-bond acceptors (Lipinski definition) is 4. The maximum atomic E-state index is 13.9. The molecule has 3 saturated heterocycles. The van der Waals surface area contributed by atoms with Crippen molar-refractivity contribution in [2.75, 3.05) is 16.8 Å². The summed E-state index contributed by atoms with van der Waals surface area (Å²) < 4.78 is 0. The smallest absolute Gasteiger partial charge is 0.250 e. The topological polar surface area (TPSA) is 69.7 Å². The number of fused-ring (bicyclic) bond motifs is 7. The number of imide groups is 1. The number of nitrogens with zero attached hydrogens (tertiary/aromatic N) is 2. The molecule has 3 fully saturated rings. The number of aryl methyl sites for hydroxylation is 1. The highest BCUT2D eigenvalue weighted by Gasteiger charge is 2.74. The fraction of sp³-hybridized carbons (Fsp3) is 0.375. The van der Waals surface area contributed by atoms with Crippen LogP contribution in [-0.2, 0) is 19.9 Å². The Labute approximate surface area is 195 Å². The van der Waals surface area contributed by atoms with Gasteiger partial charge < -0.3 is 5.32 Å². The number of nitrogens with one attached hydrogen (secondary N) is 1. The molecule has 0 saturated carbocycles. The van der Waals surface area contributed by atoms with Crippen molar-refractivity contribution < 1.29 is 14.4 Å². The summed E-state index contributed by atoms with van der Waals surface area (Å²) in [6, 6.07) is 8.54. The standard InChI is InChI=1S/C24H21Cl2N3O3/c1-11-5-7-14-20(12(11)2)27-23(32)24(14)19-18(17-4-3-9-28(17)24)21(30)29(22(19)31)13-6-8-15(25)16(26)10-13/h5-8,10,17-19H,3-4,9H2,1-2H3,(H,27,32)/t17-,18+,19+,24+/m1/s1. The van der Waals surface area contributed by atoms with E-state index in [0.29, 0.717) is 17.3 Å². The van der Waals surface area contributed by atoms with Gasteiger partial charge in [0.05, 0.1) is 27.6 Å². The van der Waals surface area contributed by atoms with Crippen LogP contribution in [0.5, 0.6) is 0 Å². The Balaban J connectivity index is 1.56. The summed E-state index contributed by atoms with van der Waals surface area (Å²) >= 11 is 12.2.